The Morgan fingerprint density at radius 1 is 1.00 bits per heavy atom. The van der Waals surface area contributed by atoms with E-state index in [-0.39, 0.29) is 17.1 Å². The number of rotatable bonds is 9. The van der Waals surface area contributed by atoms with Crippen LogP contribution in [0.25, 0.3) is 11.0 Å². The van der Waals surface area contributed by atoms with Crippen molar-refractivity contribution in [1.29, 1.82) is 0 Å². The molecule has 0 radical (unpaired) electrons. The molecule has 0 spiro atoms. The molecule has 1 aliphatic rings. The van der Waals surface area contributed by atoms with Crippen LogP contribution in [0.5, 0.6) is 5.75 Å². The van der Waals surface area contributed by atoms with Crippen LogP contribution >= 0.6 is 0 Å². The van der Waals surface area contributed by atoms with Gasteiger partial charge in [-0.05, 0) is 62.8 Å². The molecule has 0 saturated carbocycles. The molecule has 2 aromatic carbocycles. The lowest BCUT2D eigenvalue weighted by Crippen LogP contribution is -2.33. The lowest BCUT2D eigenvalue weighted by Gasteiger charge is -2.26. The number of carbonyl (C=O) groups is 1. The summed E-state index contributed by atoms with van der Waals surface area (Å²) in [6.45, 7) is 10.2. The van der Waals surface area contributed by atoms with Crippen molar-refractivity contribution in [3.63, 3.8) is 0 Å². The molecule has 3 aromatic rings. The summed E-state index contributed by atoms with van der Waals surface area (Å²) in [6, 6.07) is 14.3. The van der Waals surface area contributed by atoms with Crippen LogP contribution in [-0.2, 0) is 0 Å². The van der Waals surface area contributed by atoms with Crippen molar-refractivity contribution in [3.05, 3.63) is 75.6 Å². The summed E-state index contributed by atoms with van der Waals surface area (Å²) >= 11 is 0. The average Bonchev–Trinajstić information content (AvgIpc) is 3.09. The van der Waals surface area contributed by atoms with Crippen LogP contribution in [0.2, 0.25) is 0 Å². The van der Waals surface area contributed by atoms with E-state index in [0.29, 0.717) is 29.7 Å². The van der Waals surface area contributed by atoms with Crippen LogP contribution in [0.4, 0.5) is 0 Å². The largest absolute Gasteiger partial charge is 0.494 e. The molecule has 2 heterocycles. The van der Waals surface area contributed by atoms with Crippen molar-refractivity contribution in [2.24, 2.45) is 0 Å². The minimum absolute atomic E-state index is 0.139. The number of amides is 1. The molecule has 0 N–H and O–H groups in total. The van der Waals surface area contributed by atoms with Gasteiger partial charge in [0.25, 0.3) is 5.91 Å². The number of ether oxygens (including phenoxy) is 1. The van der Waals surface area contributed by atoms with Gasteiger partial charge in [0.15, 0.2) is 5.43 Å². The number of hydrogen-bond donors (Lipinski definition) is 0. The van der Waals surface area contributed by atoms with E-state index in [9.17, 15) is 9.59 Å². The number of para-hydroxylation sites is 1. The van der Waals surface area contributed by atoms with Gasteiger partial charge in [0.05, 0.1) is 23.6 Å². The maximum Gasteiger partial charge on any atom is 0.290 e. The summed E-state index contributed by atoms with van der Waals surface area (Å²) in [5.41, 5.74) is 1.62. The highest BCUT2D eigenvalue weighted by atomic mass is 16.5. The molecule has 6 heteroatoms. The number of nitrogens with zero attached hydrogens (tertiary/aromatic N) is 2. The SMILES string of the molecule is CCOc1ccc([C@H]2c3c(oc4ccccc4c3=O)C(=O)N2CCCN(CC)CC)cc1. The van der Waals surface area contributed by atoms with Crippen molar-refractivity contribution in [3.8, 4) is 5.75 Å². The summed E-state index contributed by atoms with van der Waals surface area (Å²) < 4.78 is 11.6. The van der Waals surface area contributed by atoms with Gasteiger partial charge in [0.1, 0.15) is 11.3 Å². The van der Waals surface area contributed by atoms with Crippen LogP contribution in [0, 0.1) is 0 Å². The number of hydrogen-bond acceptors (Lipinski definition) is 5. The van der Waals surface area contributed by atoms with Crippen molar-refractivity contribution in [2.75, 3.05) is 32.8 Å². The molecular formula is C26H30N2O4. The van der Waals surface area contributed by atoms with E-state index >= 15 is 0 Å². The molecule has 1 aliphatic heterocycles. The molecule has 0 fully saturated rings. The van der Waals surface area contributed by atoms with Crippen LogP contribution < -0.4 is 10.2 Å². The Hall–Kier alpha value is -3.12. The van der Waals surface area contributed by atoms with Gasteiger partial charge in [-0.1, -0.05) is 38.1 Å². The molecule has 0 saturated heterocycles. The summed E-state index contributed by atoms with van der Waals surface area (Å²) in [4.78, 5) is 31.0. The van der Waals surface area contributed by atoms with Gasteiger partial charge >= 0.3 is 0 Å². The first-order valence-corrected chi connectivity index (χ1v) is 11.4. The fourth-order valence-electron chi connectivity index (χ4n) is 4.46. The molecule has 4 rings (SSSR count). The van der Waals surface area contributed by atoms with E-state index in [0.717, 1.165) is 37.4 Å². The van der Waals surface area contributed by atoms with Gasteiger partial charge < -0.3 is 19.0 Å². The predicted octanol–water partition coefficient (Wildman–Crippen LogP) is 4.47. The molecule has 1 atom stereocenters. The second kappa shape index (κ2) is 9.57. The third kappa shape index (κ3) is 4.02. The topological polar surface area (TPSA) is 63.0 Å². The Labute approximate surface area is 188 Å². The first kappa shape index (κ1) is 22.1. The normalized spacial score (nSPS) is 15.6. The van der Waals surface area contributed by atoms with Crippen molar-refractivity contribution in [2.45, 2.75) is 33.2 Å². The Morgan fingerprint density at radius 2 is 1.72 bits per heavy atom. The fraction of sp³-hybridized carbons (Fsp3) is 0.385. The lowest BCUT2D eigenvalue weighted by molar-refractivity contribution is 0.0720. The van der Waals surface area contributed by atoms with Gasteiger partial charge in [-0.25, -0.2) is 0 Å². The van der Waals surface area contributed by atoms with Gasteiger partial charge in [-0.2, -0.15) is 0 Å². The minimum Gasteiger partial charge on any atom is -0.494 e. The zero-order valence-corrected chi connectivity index (χ0v) is 19.0. The molecule has 0 bridgehead atoms. The first-order valence-electron chi connectivity index (χ1n) is 11.4. The standard InChI is InChI=1S/C26H30N2O4/c1-4-27(5-2)16-9-17-28-23(18-12-14-19(15-13-18)31-6-3)22-24(29)20-10-7-8-11-21(20)32-25(22)26(28)30/h7-8,10-15,23H,4-6,9,16-17H2,1-3H3/t23-/m0/s1. The Morgan fingerprint density at radius 3 is 2.41 bits per heavy atom. The van der Waals surface area contributed by atoms with Crippen LogP contribution in [0.1, 0.15) is 54.9 Å². The van der Waals surface area contributed by atoms with Crippen molar-refractivity contribution in [1.82, 2.24) is 9.80 Å². The van der Waals surface area contributed by atoms with E-state index in [4.69, 9.17) is 9.15 Å². The molecule has 1 aromatic heterocycles. The van der Waals surface area contributed by atoms with Gasteiger partial charge in [-0.3, -0.25) is 9.59 Å². The third-order valence-corrected chi connectivity index (χ3v) is 6.15. The van der Waals surface area contributed by atoms with E-state index < -0.39 is 6.04 Å². The molecular weight excluding hydrogens is 404 g/mol. The maximum absolute atomic E-state index is 13.5. The van der Waals surface area contributed by atoms with Crippen LogP contribution in [-0.4, -0.2) is 48.5 Å². The van der Waals surface area contributed by atoms with Crippen LogP contribution in [0.15, 0.2) is 57.7 Å². The number of carbonyl (C=O) groups excluding carboxylic acids is 1. The van der Waals surface area contributed by atoms with Gasteiger partial charge in [0.2, 0.25) is 5.76 Å². The van der Waals surface area contributed by atoms with Gasteiger partial charge in [-0.15, -0.1) is 0 Å². The summed E-state index contributed by atoms with van der Waals surface area (Å²) in [5.74, 6) is 0.705. The molecule has 6 nitrogen and oxygen atoms in total. The Bertz CT molecular complexity index is 1150. The highest BCUT2D eigenvalue weighted by molar-refractivity contribution is 5.99. The maximum atomic E-state index is 13.5. The van der Waals surface area contributed by atoms with E-state index in [1.54, 1.807) is 17.0 Å². The zero-order valence-electron chi connectivity index (χ0n) is 19.0. The van der Waals surface area contributed by atoms with E-state index in [1.165, 1.54) is 0 Å². The van der Waals surface area contributed by atoms with Crippen LogP contribution in [0.3, 0.4) is 0 Å². The first-order chi connectivity index (χ1) is 15.6. The Balaban J connectivity index is 1.76. The monoisotopic (exact) mass is 434 g/mol. The highest BCUT2D eigenvalue weighted by Gasteiger charge is 2.42. The summed E-state index contributed by atoms with van der Waals surface area (Å²) in [6.07, 6.45) is 0.822. The minimum atomic E-state index is -0.467. The third-order valence-electron chi connectivity index (χ3n) is 6.15. The molecule has 168 valence electrons. The van der Waals surface area contributed by atoms with E-state index in [2.05, 4.69) is 18.7 Å². The summed E-state index contributed by atoms with van der Waals surface area (Å²) in [5, 5.41) is 0.500. The molecule has 32 heavy (non-hydrogen) atoms. The highest BCUT2D eigenvalue weighted by Crippen LogP contribution is 2.38. The molecule has 1 amide bonds. The quantitative estimate of drug-likeness (QED) is 0.497. The predicted molar refractivity (Wildman–Crippen MR) is 125 cm³/mol. The Kier molecular flexibility index (Phi) is 6.61. The second-order valence-electron chi connectivity index (χ2n) is 7.95. The number of benzene rings is 2. The smallest absolute Gasteiger partial charge is 0.290 e. The molecule has 0 aliphatic carbocycles. The zero-order chi connectivity index (χ0) is 22.7. The second-order valence-corrected chi connectivity index (χ2v) is 7.95. The van der Waals surface area contributed by atoms with Crippen molar-refractivity contribution >= 4 is 16.9 Å². The average molecular weight is 435 g/mol. The van der Waals surface area contributed by atoms with Crippen molar-refractivity contribution < 1.29 is 13.9 Å². The van der Waals surface area contributed by atoms with E-state index in [1.807, 2.05) is 43.3 Å². The fourth-order valence-corrected chi connectivity index (χ4v) is 4.46. The molecule has 0 unspecified atom stereocenters. The lowest BCUT2D eigenvalue weighted by atomic mass is 9.98. The summed E-state index contributed by atoms with van der Waals surface area (Å²) in [7, 11) is 0. The number of fused-ring (bicyclic) bond motifs is 2. The van der Waals surface area contributed by atoms with Gasteiger partial charge in [0, 0.05) is 6.54 Å².